The van der Waals surface area contributed by atoms with Crippen LogP contribution in [0.3, 0.4) is 0 Å². The summed E-state index contributed by atoms with van der Waals surface area (Å²) in [6.45, 7) is 1.62. The predicted octanol–water partition coefficient (Wildman–Crippen LogP) is 2.58. The van der Waals surface area contributed by atoms with Gasteiger partial charge in [-0.1, -0.05) is 12.1 Å². The second kappa shape index (κ2) is 8.48. The molecule has 4 aromatic heterocycles. The number of aromatic nitrogens is 5. The molecule has 0 aromatic carbocycles. The fourth-order valence-corrected chi connectivity index (χ4v) is 2.32. The van der Waals surface area contributed by atoms with Gasteiger partial charge in [0.05, 0.1) is 17.1 Å². The van der Waals surface area contributed by atoms with E-state index in [2.05, 4.69) is 24.9 Å². The summed E-state index contributed by atoms with van der Waals surface area (Å²) in [6.07, 6.45) is 6.70. The summed E-state index contributed by atoms with van der Waals surface area (Å²) in [4.78, 5) is 38.4. The smallest absolute Gasteiger partial charge is 0.314 e. The highest BCUT2D eigenvalue weighted by Crippen LogP contribution is 2.26. The van der Waals surface area contributed by atoms with Gasteiger partial charge in [0, 0.05) is 35.9 Å². The number of hydrogen-bond acceptors (Lipinski definition) is 5. The fourth-order valence-electron chi connectivity index (χ4n) is 2.32. The molecule has 0 aliphatic heterocycles. The minimum atomic E-state index is -0.467. The highest BCUT2D eigenvalue weighted by atomic mass is 16.2. The molecule has 0 aliphatic rings. The Kier molecular flexibility index (Phi) is 5.64. The van der Waals surface area contributed by atoms with E-state index in [1.165, 1.54) is 6.20 Å². The lowest BCUT2D eigenvalue weighted by molar-refractivity contribution is 1.01. The van der Waals surface area contributed by atoms with Crippen molar-refractivity contribution in [1.29, 1.82) is 0 Å². The molecule has 0 atom stereocenters. The van der Waals surface area contributed by atoms with Crippen molar-refractivity contribution in [3.8, 4) is 22.6 Å². The Morgan fingerprint density at radius 2 is 1.44 bits per heavy atom. The number of nitrogens with zero attached hydrogens (tertiary/aromatic N) is 3. The molecule has 7 nitrogen and oxygen atoms in total. The van der Waals surface area contributed by atoms with Crippen LogP contribution in [0.1, 0.15) is 5.56 Å². The normalized spacial score (nSPS) is 9.96. The summed E-state index contributed by atoms with van der Waals surface area (Å²) < 4.78 is 0. The lowest BCUT2D eigenvalue weighted by Crippen LogP contribution is -2.22. The number of aromatic amines is 2. The molecule has 0 bridgehead atoms. The highest BCUT2D eigenvalue weighted by molar-refractivity contribution is 5.76. The number of aryl methyl sites for hydroxylation is 1. The van der Waals surface area contributed by atoms with Crippen LogP contribution >= 0.6 is 0 Å². The molecule has 0 saturated heterocycles. The quantitative estimate of drug-likeness (QED) is 0.572. The fraction of sp³-hybridized carbons (Fsp3) is 0.0500. The third-order valence-electron chi connectivity index (χ3n) is 3.66. The topological polar surface area (TPSA) is 104 Å². The standard InChI is InChI=1S/C15H11N3.C5H6N2O2/c1-3-9-16-13(7-1)12-6-5-11-18-15(12)14-8-2-4-10-17-14;1-3-2-6-5(9)7-4(3)8/h1-11H;2H,1H3,(H2,6,7,8,9). The largest absolute Gasteiger partial charge is 0.325 e. The second-order valence-electron chi connectivity index (χ2n) is 5.58. The van der Waals surface area contributed by atoms with Crippen LogP contribution in [0.2, 0.25) is 0 Å². The van der Waals surface area contributed by atoms with E-state index in [-0.39, 0.29) is 5.56 Å². The second-order valence-corrected chi connectivity index (χ2v) is 5.58. The van der Waals surface area contributed by atoms with Crippen LogP contribution in [0.25, 0.3) is 22.6 Å². The summed E-state index contributed by atoms with van der Waals surface area (Å²) in [7, 11) is 0. The first-order chi connectivity index (χ1) is 13.1. The molecule has 4 rings (SSSR count). The molecule has 4 heterocycles. The van der Waals surface area contributed by atoms with Crippen LogP contribution in [0.15, 0.2) is 82.9 Å². The van der Waals surface area contributed by atoms with Crippen LogP contribution < -0.4 is 11.2 Å². The predicted molar refractivity (Wildman–Crippen MR) is 103 cm³/mol. The van der Waals surface area contributed by atoms with E-state index < -0.39 is 5.69 Å². The third-order valence-corrected chi connectivity index (χ3v) is 3.66. The first kappa shape index (κ1) is 17.9. The molecule has 7 heteroatoms. The average molecular weight is 359 g/mol. The molecule has 0 saturated carbocycles. The van der Waals surface area contributed by atoms with Crippen molar-refractivity contribution in [3.05, 3.63) is 99.7 Å². The maximum Gasteiger partial charge on any atom is 0.325 e. The molecule has 134 valence electrons. The third kappa shape index (κ3) is 4.60. The van der Waals surface area contributed by atoms with Gasteiger partial charge < -0.3 is 4.98 Å². The van der Waals surface area contributed by atoms with Gasteiger partial charge in [0.15, 0.2) is 0 Å². The zero-order valence-corrected chi connectivity index (χ0v) is 14.6. The summed E-state index contributed by atoms with van der Waals surface area (Å²) in [5, 5.41) is 0. The molecule has 0 spiro atoms. The molecular weight excluding hydrogens is 342 g/mol. The molecule has 0 amide bonds. The van der Waals surface area contributed by atoms with Gasteiger partial charge in [-0.2, -0.15) is 0 Å². The van der Waals surface area contributed by atoms with Crippen molar-refractivity contribution in [2.24, 2.45) is 0 Å². The Bertz CT molecular complexity index is 1060. The number of H-pyrrole nitrogens is 2. The van der Waals surface area contributed by atoms with Crippen molar-refractivity contribution in [1.82, 2.24) is 24.9 Å². The van der Waals surface area contributed by atoms with Crippen LogP contribution in [-0.2, 0) is 0 Å². The number of pyridine rings is 3. The summed E-state index contributed by atoms with van der Waals surface area (Å²) in [5.41, 5.74) is 3.33. The number of rotatable bonds is 2. The van der Waals surface area contributed by atoms with Gasteiger partial charge in [0.2, 0.25) is 0 Å². The molecule has 0 fully saturated rings. The molecule has 0 radical (unpaired) electrons. The van der Waals surface area contributed by atoms with E-state index in [0.29, 0.717) is 5.56 Å². The minimum Gasteiger partial charge on any atom is -0.314 e. The van der Waals surface area contributed by atoms with Crippen LogP contribution in [0.4, 0.5) is 0 Å². The van der Waals surface area contributed by atoms with Crippen LogP contribution in [-0.4, -0.2) is 24.9 Å². The molecule has 4 aromatic rings. The van der Waals surface area contributed by atoms with Crippen molar-refractivity contribution in [3.63, 3.8) is 0 Å². The lowest BCUT2D eigenvalue weighted by Gasteiger charge is -2.06. The molecule has 0 aliphatic carbocycles. The molecular formula is C20H17N5O2. The van der Waals surface area contributed by atoms with Crippen molar-refractivity contribution in [2.75, 3.05) is 0 Å². The average Bonchev–Trinajstić information content (AvgIpc) is 2.73. The zero-order chi connectivity index (χ0) is 19.1. The maximum atomic E-state index is 10.6. The van der Waals surface area contributed by atoms with Gasteiger partial charge >= 0.3 is 5.69 Å². The Hall–Kier alpha value is -3.87. The number of hydrogen-bond donors (Lipinski definition) is 2. The Morgan fingerprint density at radius 1 is 0.778 bits per heavy atom. The Morgan fingerprint density at radius 3 is 2.04 bits per heavy atom. The van der Waals surface area contributed by atoms with E-state index in [1.54, 1.807) is 25.5 Å². The van der Waals surface area contributed by atoms with Crippen molar-refractivity contribution >= 4 is 0 Å². The van der Waals surface area contributed by atoms with Gasteiger partial charge in [-0.15, -0.1) is 0 Å². The Balaban J connectivity index is 0.000000197. The van der Waals surface area contributed by atoms with E-state index >= 15 is 0 Å². The first-order valence-corrected chi connectivity index (χ1v) is 8.21. The van der Waals surface area contributed by atoms with E-state index in [0.717, 1.165) is 22.6 Å². The lowest BCUT2D eigenvalue weighted by atomic mass is 10.1. The number of nitrogens with one attached hydrogen (secondary N) is 2. The first-order valence-electron chi connectivity index (χ1n) is 8.21. The van der Waals surface area contributed by atoms with E-state index in [9.17, 15) is 9.59 Å². The molecule has 0 unspecified atom stereocenters. The zero-order valence-electron chi connectivity index (χ0n) is 14.6. The van der Waals surface area contributed by atoms with Crippen molar-refractivity contribution < 1.29 is 0 Å². The summed E-state index contributed by atoms with van der Waals surface area (Å²) in [6, 6.07) is 15.6. The highest BCUT2D eigenvalue weighted by Gasteiger charge is 2.09. The minimum absolute atomic E-state index is 0.334. The van der Waals surface area contributed by atoms with Gasteiger partial charge in [-0.05, 0) is 43.3 Å². The van der Waals surface area contributed by atoms with Crippen LogP contribution in [0.5, 0.6) is 0 Å². The molecule has 2 N–H and O–H groups in total. The van der Waals surface area contributed by atoms with Gasteiger partial charge in [-0.3, -0.25) is 24.7 Å². The monoisotopic (exact) mass is 359 g/mol. The SMILES string of the molecule is Cc1c[nH]c(=O)[nH]c1=O.c1ccc(-c2cccnc2-c2ccccn2)nc1. The van der Waals surface area contributed by atoms with Gasteiger partial charge in [0.25, 0.3) is 5.56 Å². The Labute approximate surface area is 154 Å². The summed E-state index contributed by atoms with van der Waals surface area (Å²) >= 11 is 0. The van der Waals surface area contributed by atoms with Crippen molar-refractivity contribution in [2.45, 2.75) is 6.92 Å². The van der Waals surface area contributed by atoms with E-state index in [4.69, 9.17) is 0 Å². The maximum absolute atomic E-state index is 10.6. The van der Waals surface area contributed by atoms with Gasteiger partial charge in [-0.25, -0.2) is 4.79 Å². The molecule has 27 heavy (non-hydrogen) atoms. The van der Waals surface area contributed by atoms with Gasteiger partial charge in [0.1, 0.15) is 0 Å². The summed E-state index contributed by atoms with van der Waals surface area (Å²) in [5.74, 6) is 0. The van der Waals surface area contributed by atoms with E-state index in [1.807, 2.05) is 48.5 Å². The van der Waals surface area contributed by atoms with Crippen LogP contribution in [0, 0.1) is 6.92 Å².